The van der Waals surface area contributed by atoms with E-state index in [2.05, 4.69) is 10.3 Å². The van der Waals surface area contributed by atoms with Crippen molar-refractivity contribution in [2.75, 3.05) is 16.7 Å². The van der Waals surface area contributed by atoms with E-state index in [4.69, 9.17) is 0 Å². The average Bonchev–Trinajstić information content (AvgIpc) is 3.16. The molecule has 152 valence electrons. The number of aryl methyl sites for hydroxylation is 1. The monoisotopic (exact) mass is 437 g/mol. The van der Waals surface area contributed by atoms with Crippen molar-refractivity contribution in [3.05, 3.63) is 83.9 Å². The molecule has 0 aliphatic carbocycles. The van der Waals surface area contributed by atoms with Crippen LogP contribution in [0.1, 0.15) is 15.9 Å². The first-order valence-corrected chi connectivity index (χ1v) is 11.4. The van der Waals surface area contributed by atoms with E-state index >= 15 is 0 Å². The molecule has 0 saturated carbocycles. The Hall–Kier alpha value is -3.23. The third-order valence-corrected chi connectivity index (χ3v) is 7.40. The van der Waals surface area contributed by atoms with Gasteiger partial charge in [0.1, 0.15) is 0 Å². The molecule has 0 aliphatic heterocycles. The fourth-order valence-corrected chi connectivity index (χ4v) is 5.05. The summed E-state index contributed by atoms with van der Waals surface area (Å²) in [5, 5.41) is 3.22. The van der Waals surface area contributed by atoms with Crippen molar-refractivity contribution in [3.63, 3.8) is 0 Å². The molecule has 0 bridgehead atoms. The van der Waals surface area contributed by atoms with Crippen molar-refractivity contribution in [1.29, 1.82) is 0 Å². The van der Waals surface area contributed by atoms with Crippen molar-refractivity contribution in [2.45, 2.75) is 11.8 Å². The largest absolute Gasteiger partial charge is 0.298 e. The third-order valence-electron chi connectivity index (χ3n) is 4.67. The summed E-state index contributed by atoms with van der Waals surface area (Å²) >= 11 is 1.36. The van der Waals surface area contributed by atoms with E-state index in [1.807, 2.05) is 43.3 Å². The summed E-state index contributed by atoms with van der Waals surface area (Å²) in [6, 6.07) is 20.8. The van der Waals surface area contributed by atoms with Crippen LogP contribution in [0.15, 0.2) is 77.7 Å². The average molecular weight is 438 g/mol. The summed E-state index contributed by atoms with van der Waals surface area (Å²) in [4.78, 5) is 17.1. The van der Waals surface area contributed by atoms with Crippen LogP contribution in [0.3, 0.4) is 0 Å². The molecule has 0 radical (unpaired) electrons. The zero-order valence-corrected chi connectivity index (χ0v) is 18.0. The Morgan fingerprint density at radius 2 is 1.73 bits per heavy atom. The van der Waals surface area contributed by atoms with Crippen LogP contribution >= 0.6 is 11.3 Å². The van der Waals surface area contributed by atoms with E-state index in [0.717, 1.165) is 15.8 Å². The summed E-state index contributed by atoms with van der Waals surface area (Å²) in [5.41, 5.74) is 2.63. The number of benzene rings is 3. The lowest BCUT2D eigenvalue weighted by atomic mass is 10.2. The van der Waals surface area contributed by atoms with Gasteiger partial charge in [0.25, 0.3) is 15.9 Å². The Labute approximate surface area is 178 Å². The zero-order valence-electron chi connectivity index (χ0n) is 16.4. The van der Waals surface area contributed by atoms with Crippen LogP contribution in [-0.4, -0.2) is 26.4 Å². The summed E-state index contributed by atoms with van der Waals surface area (Å²) in [5.74, 6) is -0.413. The van der Waals surface area contributed by atoms with E-state index < -0.39 is 15.9 Å². The molecule has 0 unspecified atom stereocenters. The molecule has 1 aromatic heterocycles. The fourth-order valence-electron chi connectivity index (χ4n) is 2.94. The highest BCUT2D eigenvalue weighted by Crippen LogP contribution is 2.27. The second-order valence-corrected chi connectivity index (χ2v) is 9.78. The van der Waals surface area contributed by atoms with E-state index in [-0.39, 0.29) is 10.5 Å². The molecule has 4 rings (SSSR count). The van der Waals surface area contributed by atoms with Crippen LogP contribution < -0.4 is 9.62 Å². The Morgan fingerprint density at radius 1 is 1.00 bits per heavy atom. The first-order valence-electron chi connectivity index (χ1n) is 9.17. The molecule has 0 aliphatic rings. The Balaban J connectivity index is 1.59. The van der Waals surface area contributed by atoms with Gasteiger partial charge in [0.05, 0.1) is 20.8 Å². The smallest absolute Gasteiger partial charge is 0.264 e. The van der Waals surface area contributed by atoms with Gasteiger partial charge in [-0.05, 0) is 49.4 Å². The second-order valence-electron chi connectivity index (χ2n) is 6.78. The topological polar surface area (TPSA) is 79.4 Å². The van der Waals surface area contributed by atoms with E-state index in [1.165, 1.54) is 34.8 Å². The highest BCUT2D eigenvalue weighted by atomic mass is 32.2. The Kier molecular flexibility index (Phi) is 5.27. The third kappa shape index (κ3) is 3.92. The van der Waals surface area contributed by atoms with Crippen molar-refractivity contribution in [1.82, 2.24) is 4.98 Å². The van der Waals surface area contributed by atoms with Gasteiger partial charge in [0.15, 0.2) is 5.13 Å². The number of carbonyl (C=O) groups excluding carboxylic acids is 1. The number of aromatic nitrogens is 1. The molecule has 0 fully saturated rings. The molecule has 3 aromatic carbocycles. The molecule has 6 nitrogen and oxygen atoms in total. The summed E-state index contributed by atoms with van der Waals surface area (Å²) in [6.45, 7) is 1.94. The predicted octanol–water partition coefficient (Wildman–Crippen LogP) is 4.68. The van der Waals surface area contributed by atoms with Crippen LogP contribution in [0.25, 0.3) is 10.2 Å². The van der Waals surface area contributed by atoms with Gasteiger partial charge in [-0.15, -0.1) is 0 Å². The number of anilines is 2. The van der Waals surface area contributed by atoms with Gasteiger partial charge in [-0.2, -0.15) is 0 Å². The highest BCUT2D eigenvalue weighted by Gasteiger charge is 2.22. The van der Waals surface area contributed by atoms with Crippen LogP contribution in [0.5, 0.6) is 0 Å². The number of amides is 1. The minimum Gasteiger partial charge on any atom is -0.298 e. The lowest BCUT2D eigenvalue weighted by molar-refractivity contribution is 0.102. The number of sulfonamides is 1. The zero-order chi connectivity index (χ0) is 21.3. The van der Waals surface area contributed by atoms with Crippen molar-refractivity contribution < 1.29 is 13.2 Å². The maximum Gasteiger partial charge on any atom is 0.264 e. The number of nitrogens with zero attached hydrogens (tertiary/aromatic N) is 2. The first kappa shape index (κ1) is 20.1. The number of nitrogens with one attached hydrogen (secondary N) is 1. The molecule has 1 N–H and O–H groups in total. The van der Waals surface area contributed by atoms with Crippen LogP contribution in [0.4, 0.5) is 10.8 Å². The maximum absolute atomic E-state index is 13.1. The minimum absolute atomic E-state index is 0.0440. The number of hydrogen-bond donors (Lipinski definition) is 1. The number of hydrogen-bond acceptors (Lipinski definition) is 5. The molecular weight excluding hydrogens is 418 g/mol. The number of thiazole rings is 1. The quantitative estimate of drug-likeness (QED) is 0.492. The standard InChI is InChI=1S/C22H19N3O3S2/c1-15-10-12-17(13-11-15)25(2)30(27,28)18-7-5-6-16(14-18)21(26)24-22-23-19-8-3-4-9-20(19)29-22/h3-14H,1-2H3,(H,23,24,26). The molecule has 0 spiro atoms. The van der Waals surface area contributed by atoms with Crippen molar-refractivity contribution in [2.24, 2.45) is 0 Å². The molecular formula is C22H19N3O3S2. The van der Waals surface area contributed by atoms with Crippen molar-refractivity contribution in [3.8, 4) is 0 Å². The van der Waals surface area contributed by atoms with E-state index in [1.54, 1.807) is 24.3 Å². The van der Waals surface area contributed by atoms with Gasteiger partial charge in [-0.1, -0.05) is 47.2 Å². The summed E-state index contributed by atoms with van der Waals surface area (Å²) < 4.78 is 28.3. The van der Waals surface area contributed by atoms with Gasteiger partial charge in [0, 0.05) is 12.6 Å². The van der Waals surface area contributed by atoms with Gasteiger partial charge in [-0.3, -0.25) is 14.4 Å². The van der Waals surface area contributed by atoms with Gasteiger partial charge >= 0.3 is 0 Å². The molecule has 1 heterocycles. The van der Waals surface area contributed by atoms with Crippen LogP contribution in [0.2, 0.25) is 0 Å². The number of carbonyl (C=O) groups is 1. The van der Waals surface area contributed by atoms with E-state index in [0.29, 0.717) is 10.8 Å². The summed E-state index contributed by atoms with van der Waals surface area (Å²) in [6.07, 6.45) is 0. The predicted molar refractivity (Wildman–Crippen MR) is 121 cm³/mol. The minimum atomic E-state index is -3.81. The normalized spacial score (nSPS) is 11.4. The molecule has 4 aromatic rings. The van der Waals surface area contributed by atoms with Crippen LogP contribution in [0, 0.1) is 6.92 Å². The Morgan fingerprint density at radius 3 is 2.47 bits per heavy atom. The molecule has 8 heteroatoms. The molecule has 0 atom stereocenters. The molecule has 1 amide bonds. The fraction of sp³-hybridized carbons (Fsp3) is 0.0909. The summed E-state index contributed by atoms with van der Waals surface area (Å²) in [7, 11) is -2.32. The first-order chi connectivity index (χ1) is 14.3. The van der Waals surface area contributed by atoms with Gasteiger partial charge < -0.3 is 0 Å². The lowest BCUT2D eigenvalue weighted by Gasteiger charge is -2.20. The molecule has 30 heavy (non-hydrogen) atoms. The highest BCUT2D eigenvalue weighted by molar-refractivity contribution is 7.92. The lowest BCUT2D eigenvalue weighted by Crippen LogP contribution is -2.26. The van der Waals surface area contributed by atoms with Crippen molar-refractivity contribution >= 4 is 48.3 Å². The Bertz CT molecular complexity index is 1300. The second kappa shape index (κ2) is 7.89. The van der Waals surface area contributed by atoms with Gasteiger partial charge in [-0.25, -0.2) is 13.4 Å². The molecule has 0 saturated heterocycles. The van der Waals surface area contributed by atoms with Gasteiger partial charge in [0.2, 0.25) is 0 Å². The van der Waals surface area contributed by atoms with Crippen LogP contribution in [-0.2, 0) is 10.0 Å². The number of fused-ring (bicyclic) bond motifs is 1. The number of para-hydroxylation sites is 1. The van der Waals surface area contributed by atoms with E-state index in [9.17, 15) is 13.2 Å². The number of rotatable bonds is 5. The maximum atomic E-state index is 13.1. The SMILES string of the molecule is Cc1ccc(N(C)S(=O)(=O)c2cccc(C(=O)Nc3nc4ccccc4s3)c2)cc1.